The molecule has 0 aliphatic carbocycles. The molecule has 0 aliphatic heterocycles. The average molecular weight is 269 g/mol. The summed E-state index contributed by atoms with van der Waals surface area (Å²) >= 11 is 11.0. The average Bonchev–Trinajstić information content (AvgIpc) is 2.29. The number of rotatable bonds is 3. The third kappa shape index (κ3) is 3.88. The second-order valence-electron chi connectivity index (χ2n) is 3.33. The highest BCUT2D eigenvalue weighted by Crippen LogP contribution is 2.21. The minimum absolute atomic E-state index is 0.390. The Morgan fingerprint density at radius 2 is 2.06 bits per heavy atom. The molecular formula is C12H13ClN2OS. The molecule has 0 aliphatic rings. The maximum Gasteiger partial charge on any atom is 0.264 e. The summed E-state index contributed by atoms with van der Waals surface area (Å²) in [5, 5.41) is 9.66. The zero-order valence-corrected chi connectivity index (χ0v) is 11.3. The van der Waals surface area contributed by atoms with Crippen LogP contribution in [0.25, 0.3) is 0 Å². The molecule has 17 heavy (non-hydrogen) atoms. The van der Waals surface area contributed by atoms with Gasteiger partial charge in [-0.3, -0.25) is 0 Å². The van der Waals surface area contributed by atoms with Gasteiger partial charge in [0, 0.05) is 18.1 Å². The van der Waals surface area contributed by atoms with Gasteiger partial charge in [0.25, 0.3) is 5.17 Å². The molecule has 1 aromatic rings. The monoisotopic (exact) mass is 268 g/mol. The van der Waals surface area contributed by atoms with Gasteiger partial charge in [-0.25, -0.2) is 0 Å². The van der Waals surface area contributed by atoms with Gasteiger partial charge in [-0.15, -0.1) is 0 Å². The van der Waals surface area contributed by atoms with E-state index in [0.29, 0.717) is 21.5 Å². The fourth-order valence-corrected chi connectivity index (χ4v) is 1.91. The van der Waals surface area contributed by atoms with E-state index in [1.165, 1.54) is 0 Å². The first-order valence-corrected chi connectivity index (χ1v) is 6.06. The van der Waals surface area contributed by atoms with Gasteiger partial charge in [0.15, 0.2) is 0 Å². The van der Waals surface area contributed by atoms with E-state index < -0.39 is 0 Å². The summed E-state index contributed by atoms with van der Waals surface area (Å²) in [5.41, 5.74) is 0.454. The summed E-state index contributed by atoms with van der Waals surface area (Å²) in [6, 6.07) is 6.85. The molecule has 90 valence electrons. The van der Waals surface area contributed by atoms with E-state index in [4.69, 9.17) is 33.8 Å². The fourth-order valence-electron chi connectivity index (χ4n) is 1.33. The van der Waals surface area contributed by atoms with Crippen LogP contribution in [0.2, 0.25) is 5.02 Å². The minimum Gasteiger partial charge on any atom is -0.432 e. The number of halogens is 1. The summed E-state index contributed by atoms with van der Waals surface area (Å²) < 4.78 is 5.50. The molecule has 0 N–H and O–H groups in total. The molecule has 0 saturated carbocycles. The molecule has 0 amide bonds. The van der Waals surface area contributed by atoms with Crippen LogP contribution in [0.5, 0.6) is 5.75 Å². The van der Waals surface area contributed by atoms with Gasteiger partial charge in [-0.1, -0.05) is 11.6 Å². The van der Waals surface area contributed by atoms with Crippen LogP contribution in [0, 0.1) is 11.3 Å². The number of ether oxygens (including phenoxy) is 1. The Kier molecular flexibility index (Phi) is 5.20. The number of nitriles is 1. The van der Waals surface area contributed by atoms with E-state index in [1.54, 1.807) is 18.2 Å². The third-order valence-electron chi connectivity index (χ3n) is 2.23. The van der Waals surface area contributed by atoms with Gasteiger partial charge in [-0.05, 0) is 44.3 Å². The number of hydrogen-bond donors (Lipinski definition) is 0. The highest BCUT2D eigenvalue weighted by atomic mass is 35.5. The number of hydrogen-bond acceptors (Lipinski definition) is 3. The van der Waals surface area contributed by atoms with Crippen LogP contribution in [-0.2, 0) is 0 Å². The van der Waals surface area contributed by atoms with Crippen molar-refractivity contribution in [3.63, 3.8) is 0 Å². The minimum atomic E-state index is 0.390. The van der Waals surface area contributed by atoms with Crippen molar-refractivity contribution in [2.75, 3.05) is 13.1 Å². The van der Waals surface area contributed by atoms with Crippen LogP contribution in [-0.4, -0.2) is 23.2 Å². The van der Waals surface area contributed by atoms with Crippen molar-refractivity contribution >= 4 is 29.0 Å². The quantitative estimate of drug-likeness (QED) is 0.789. The van der Waals surface area contributed by atoms with Gasteiger partial charge in [0.05, 0.1) is 11.6 Å². The van der Waals surface area contributed by atoms with Gasteiger partial charge < -0.3 is 9.64 Å². The van der Waals surface area contributed by atoms with E-state index in [0.717, 1.165) is 13.1 Å². The Balaban J connectivity index is 2.85. The Bertz CT molecular complexity index is 452. The maximum absolute atomic E-state index is 8.81. The van der Waals surface area contributed by atoms with E-state index in [9.17, 15) is 0 Å². The lowest BCUT2D eigenvalue weighted by Crippen LogP contribution is -2.32. The van der Waals surface area contributed by atoms with Crippen molar-refractivity contribution in [3.05, 3.63) is 28.8 Å². The van der Waals surface area contributed by atoms with Crippen molar-refractivity contribution in [3.8, 4) is 11.8 Å². The number of nitrogens with zero attached hydrogens (tertiary/aromatic N) is 2. The van der Waals surface area contributed by atoms with E-state index in [2.05, 4.69) is 0 Å². The molecule has 5 heteroatoms. The van der Waals surface area contributed by atoms with E-state index in [1.807, 2.05) is 24.8 Å². The summed E-state index contributed by atoms with van der Waals surface area (Å²) in [7, 11) is 0. The van der Waals surface area contributed by atoms with E-state index >= 15 is 0 Å². The van der Waals surface area contributed by atoms with Crippen molar-refractivity contribution in [1.29, 1.82) is 5.26 Å². The molecular weight excluding hydrogens is 256 g/mol. The van der Waals surface area contributed by atoms with Crippen molar-refractivity contribution in [1.82, 2.24) is 4.90 Å². The largest absolute Gasteiger partial charge is 0.432 e. The molecule has 0 saturated heterocycles. The molecule has 0 fully saturated rings. The van der Waals surface area contributed by atoms with Crippen molar-refractivity contribution < 1.29 is 4.74 Å². The highest BCUT2D eigenvalue weighted by molar-refractivity contribution is 7.80. The Hall–Kier alpha value is -1.31. The van der Waals surface area contributed by atoms with Crippen molar-refractivity contribution in [2.24, 2.45) is 0 Å². The lowest BCUT2D eigenvalue weighted by Gasteiger charge is -2.21. The zero-order valence-electron chi connectivity index (χ0n) is 9.74. The lowest BCUT2D eigenvalue weighted by atomic mass is 10.2. The van der Waals surface area contributed by atoms with Crippen LogP contribution in [0.3, 0.4) is 0 Å². The molecule has 3 nitrogen and oxygen atoms in total. The maximum atomic E-state index is 8.81. The summed E-state index contributed by atoms with van der Waals surface area (Å²) in [6.45, 7) is 5.55. The van der Waals surface area contributed by atoms with Crippen LogP contribution in [0.1, 0.15) is 19.4 Å². The number of thiocarbonyl (C=S) groups is 1. The SMILES string of the molecule is CCN(CC)C(=S)Oc1cc(Cl)cc(C#N)c1. The molecule has 0 radical (unpaired) electrons. The summed E-state index contributed by atoms with van der Waals surface area (Å²) in [5.74, 6) is 0.492. The van der Waals surface area contributed by atoms with Crippen LogP contribution in [0.15, 0.2) is 18.2 Å². The van der Waals surface area contributed by atoms with Gasteiger partial charge in [-0.2, -0.15) is 5.26 Å². The van der Waals surface area contributed by atoms with Gasteiger partial charge in [0.2, 0.25) is 0 Å². The topological polar surface area (TPSA) is 36.3 Å². The molecule has 0 bridgehead atoms. The fraction of sp³-hybridized carbons (Fsp3) is 0.333. The Morgan fingerprint density at radius 3 is 2.59 bits per heavy atom. The first kappa shape index (κ1) is 13.8. The Morgan fingerprint density at radius 1 is 1.41 bits per heavy atom. The van der Waals surface area contributed by atoms with Gasteiger partial charge >= 0.3 is 0 Å². The molecule has 1 aromatic carbocycles. The highest BCUT2D eigenvalue weighted by Gasteiger charge is 2.08. The predicted molar refractivity (Wildman–Crippen MR) is 72.3 cm³/mol. The normalized spacial score (nSPS) is 9.53. The molecule has 0 unspecified atom stereocenters. The molecule has 0 aromatic heterocycles. The second-order valence-corrected chi connectivity index (χ2v) is 4.11. The second kappa shape index (κ2) is 6.43. The van der Waals surface area contributed by atoms with Crippen LogP contribution < -0.4 is 4.74 Å². The summed E-state index contributed by atoms with van der Waals surface area (Å²) in [4.78, 5) is 1.91. The van der Waals surface area contributed by atoms with Crippen LogP contribution >= 0.6 is 23.8 Å². The molecule has 0 spiro atoms. The lowest BCUT2D eigenvalue weighted by molar-refractivity contribution is 0.378. The van der Waals surface area contributed by atoms with Crippen LogP contribution in [0.4, 0.5) is 0 Å². The smallest absolute Gasteiger partial charge is 0.264 e. The standard InChI is InChI=1S/C12H13ClN2OS/c1-3-15(4-2)12(17)16-11-6-9(8-14)5-10(13)7-11/h5-7H,3-4H2,1-2H3. The number of benzene rings is 1. The first-order valence-electron chi connectivity index (χ1n) is 5.28. The third-order valence-corrected chi connectivity index (χ3v) is 2.79. The van der Waals surface area contributed by atoms with E-state index in [-0.39, 0.29) is 0 Å². The molecule has 0 atom stereocenters. The molecule has 0 heterocycles. The van der Waals surface area contributed by atoms with Crippen molar-refractivity contribution in [2.45, 2.75) is 13.8 Å². The zero-order chi connectivity index (χ0) is 12.8. The predicted octanol–water partition coefficient (Wildman–Crippen LogP) is 3.22. The van der Waals surface area contributed by atoms with Gasteiger partial charge in [0.1, 0.15) is 5.75 Å². The first-order chi connectivity index (χ1) is 8.10. The molecule has 1 rings (SSSR count). The summed E-state index contributed by atoms with van der Waals surface area (Å²) in [6.07, 6.45) is 0. The Labute approximate surface area is 112 Å².